The third kappa shape index (κ3) is 3.96. The molecule has 0 aromatic rings. The molecule has 0 aliphatic carbocycles. The maximum Gasteiger partial charge on any atom is 1.00 e. The van der Waals surface area contributed by atoms with E-state index in [0.717, 1.165) is 0 Å². The zero-order valence-corrected chi connectivity index (χ0v) is 20.4. The molecule has 0 unspecified atom stereocenters. The minimum atomic E-state index is -1.20. The van der Waals surface area contributed by atoms with Crippen LogP contribution in [0.15, 0.2) is 0 Å². The van der Waals surface area contributed by atoms with E-state index in [-0.39, 0.29) is 18.9 Å². The van der Waals surface area contributed by atoms with Crippen LogP contribution in [-0.2, 0) is 0 Å². The molecule has 0 rings (SSSR count). The zero-order valence-electron chi connectivity index (χ0n) is 13.3. The van der Waals surface area contributed by atoms with E-state index in [1.165, 1.54) is 0 Å². The van der Waals surface area contributed by atoms with Gasteiger partial charge in [0.25, 0.3) is 0 Å². The average molecular weight is 426 g/mol. The Morgan fingerprint density at radius 1 is 0.647 bits per heavy atom. The summed E-state index contributed by atoms with van der Waals surface area (Å²) in [5, 5.41) is 0. The fraction of sp³-hybridized carbons (Fsp3) is 1.00. The van der Waals surface area contributed by atoms with Crippen molar-refractivity contribution in [3.63, 3.8) is 0 Å². The van der Waals surface area contributed by atoms with Crippen LogP contribution in [0, 0.1) is 0 Å². The van der Waals surface area contributed by atoms with Gasteiger partial charge in [-0.1, -0.05) is 58.9 Å². The minimum Gasteiger partial charge on any atom is -0.340 e. The molecule has 0 radical (unpaired) electrons. The fourth-order valence-electron chi connectivity index (χ4n) is 4.23. The molecule has 7 heteroatoms. The van der Waals surface area contributed by atoms with Gasteiger partial charge in [-0.15, -0.1) is 9.94 Å². The Morgan fingerprint density at radius 2 is 0.824 bits per heavy atom. The van der Waals surface area contributed by atoms with Crippen LogP contribution in [0.4, 0.5) is 0 Å². The largest absolute Gasteiger partial charge is 1.00 e. The Balaban J connectivity index is 0. The van der Waals surface area contributed by atoms with E-state index >= 15 is 0 Å². The van der Waals surface area contributed by atoms with Crippen molar-refractivity contribution in [2.24, 2.45) is 0 Å². The van der Waals surface area contributed by atoms with Crippen molar-refractivity contribution in [3.8, 4) is 0 Å². The smallest absolute Gasteiger partial charge is 0.340 e. The molecule has 0 saturated heterocycles. The molecule has 0 bridgehead atoms. The molecule has 0 aromatic carbocycles. The predicted molar refractivity (Wildman–Crippen MR) is 96.3 cm³/mol. The Kier molecular flexibility index (Phi) is 8.25. The monoisotopic (exact) mass is 424 g/mol. The Morgan fingerprint density at radius 3 is 0.824 bits per heavy atom. The summed E-state index contributed by atoms with van der Waals surface area (Å²) in [5.74, 6) is 0. The second kappa shape index (κ2) is 6.46. The first-order chi connectivity index (χ1) is 6.69. The molecule has 0 heterocycles. The number of hydrogen-bond acceptors (Lipinski definition) is 0. The van der Waals surface area contributed by atoms with Crippen molar-refractivity contribution in [3.05, 3.63) is 0 Å². The second-order valence-electron chi connectivity index (χ2n) is 7.76. The number of rotatable bonds is 4. The van der Waals surface area contributed by atoms with Gasteiger partial charge in [0, 0.05) is 24.2 Å². The van der Waals surface area contributed by atoms with Gasteiger partial charge in [0.15, 0.2) is 0 Å². The second-order valence-corrected chi connectivity index (χ2v) is 35.7. The Bertz CT molecular complexity index is 214. The van der Waals surface area contributed by atoms with Crippen LogP contribution in [0.25, 0.3) is 0 Å². The third-order valence-corrected chi connectivity index (χ3v) is 43.6. The summed E-state index contributed by atoms with van der Waals surface area (Å²) in [4.78, 5) is 0. The molecule has 0 atom stereocenters. The van der Waals surface area contributed by atoms with E-state index in [9.17, 15) is 0 Å². The van der Waals surface area contributed by atoms with Gasteiger partial charge in [0.2, 0.25) is 0 Å². The van der Waals surface area contributed by atoms with Gasteiger partial charge < -0.3 is 30.6 Å². The summed E-state index contributed by atoms with van der Waals surface area (Å²) in [6, 6.07) is -0.594. The van der Waals surface area contributed by atoms with Gasteiger partial charge >= 0.3 is 18.9 Å². The van der Waals surface area contributed by atoms with E-state index < -0.39 is 30.3 Å². The topological polar surface area (TPSA) is 0 Å². The van der Waals surface area contributed by atoms with E-state index in [1.807, 2.05) is 0 Å². The summed E-state index contributed by atoms with van der Waals surface area (Å²) in [5.41, 5.74) is 0. The van der Waals surface area contributed by atoms with Crippen LogP contribution in [0.5, 0.6) is 0 Å². The van der Waals surface area contributed by atoms with Crippen molar-refractivity contribution in [2.75, 3.05) is 0 Å². The average Bonchev–Trinajstić information content (AvgIpc) is 1.71. The van der Waals surface area contributed by atoms with Crippen LogP contribution >= 0.6 is 30.6 Å². The third-order valence-electron chi connectivity index (χ3n) is 3.66. The van der Waals surface area contributed by atoms with Crippen LogP contribution in [0.3, 0.4) is 0 Å². The Hall–Kier alpha value is 2.42. The van der Waals surface area contributed by atoms with Crippen molar-refractivity contribution < 1.29 is 18.9 Å². The number of hydrogen-bond donors (Lipinski definition) is 0. The molecule has 0 aromatic heterocycles. The SMILES string of the molecule is C[Si](C)(C)C([Si-](Br)Br)([Si](C)(C)C)[Si](C)(C)C.[Li+]. The molecule has 0 saturated carbocycles. The quantitative estimate of drug-likeness (QED) is 0.479. The van der Waals surface area contributed by atoms with Crippen LogP contribution in [-0.4, -0.2) is 30.3 Å². The van der Waals surface area contributed by atoms with E-state index in [2.05, 4.69) is 89.5 Å². The minimum absolute atomic E-state index is 0. The zero-order chi connectivity index (χ0) is 13.6. The van der Waals surface area contributed by atoms with Crippen molar-refractivity contribution in [1.29, 1.82) is 0 Å². The molecule has 17 heavy (non-hydrogen) atoms. The standard InChI is InChI=1S/C10H27Br2Si4.Li/c1-14(2,3)10(13(11)12,15(4,5)6)16(7,8)9;/h1-9H3;/q-1;+1. The van der Waals surface area contributed by atoms with Gasteiger partial charge in [0.1, 0.15) is 0 Å². The van der Waals surface area contributed by atoms with Gasteiger partial charge in [-0.2, -0.15) is 0 Å². The molecule has 0 aliphatic rings. The number of halogens is 2. The first-order valence-electron chi connectivity index (χ1n) is 5.88. The molecular formula is C10H27Br2LiSi4. The predicted octanol–water partition coefficient (Wildman–Crippen LogP) is 2.64. The first kappa shape index (κ1) is 21.7. The molecule has 0 nitrogen and oxygen atoms in total. The van der Waals surface area contributed by atoms with E-state index in [1.54, 1.807) is 0 Å². The maximum absolute atomic E-state index is 4.03. The molecule has 0 amide bonds. The fourth-order valence-corrected chi connectivity index (χ4v) is 70.1. The van der Waals surface area contributed by atoms with Crippen LogP contribution < -0.4 is 18.9 Å². The van der Waals surface area contributed by atoms with Crippen LogP contribution in [0.2, 0.25) is 62.8 Å². The van der Waals surface area contributed by atoms with Gasteiger partial charge in [0.05, 0.1) is 0 Å². The van der Waals surface area contributed by atoms with Gasteiger partial charge in [-0.05, 0) is 0 Å². The van der Waals surface area contributed by atoms with Gasteiger partial charge in [-0.25, -0.2) is 0 Å². The van der Waals surface area contributed by atoms with Crippen molar-refractivity contribution >= 4 is 60.8 Å². The van der Waals surface area contributed by atoms with E-state index in [4.69, 9.17) is 0 Å². The molecule has 0 spiro atoms. The summed E-state index contributed by atoms with van der Waals surface area (Å²) in [7, 11) is -3.59. The molecular weight excluding hydrogens is 399 g/mol. The summed E-state index contributed by atoms with van der Waals surface area (Å²) in [6.07, 6.45) is 0. The van der Waals surface area contributed by atoms with Gasteiger partial charge in [-0.3, -0.25) is 0 Å². The normalized spacial score (nSPS) is 14.8. The van der Waals surface area contributed by atoms with Crippen molar-refractivity contribution in [2.45, 2.75) is 62.8 Å². The maximum atomic E-state index is 4.03. The van der Waals surface area contributed by atoms with E-state index in [0.29, 0.717) is 3.91 Å². The first-order valence-corrected chi connectivity index (χ1v) is 22.4. The van der Waals surface area contributed by atoms with Crippen molar-refractivity contribution in [1.82, 2.24) is 0 Å². The Labute approximate surface area is 141 Å². The molecule has 0 N–H and O–H groups in total. The summed E-state index contributed by atoms with van der Waals surface area (Å²) >= 11 is 8.06. The molecule has 0 fully saturated rings. The molecule has 0 aliphatic heterocycles. The summed E-state index contributed by atoms with van der Waals surface area (Å²) < 4.78 is 0.664. The molecule has 98 valence electrons. The summed E-state index contributed by atoms with van der Waals surface area (Å²) in [6.45, 7) is 23.2. The van der Waals surface area contributed by atoms with Crippen LogP contribution in [0.1, 0.15) is 0 Å².